The van der Waals surface area contributed by atoms with E-state index < -0.39 is 6.04 Å². The summed E-state index contributed by atoms with van der Waals surface area (Å²) in [6.45, 7) is 5.54. The first-order valence-corrected chi connectivity index (χ1v) is 12.2. The van der Waals surface area contributed by atoms with Crippen LogP contribution in [0.2, 0.25) is 0 Å². The number of imidazole rings is 1. The van der Waals surface area contributed by atoms with Crippen molar-refractivity contribution in [1.82, 2.24) is 14.5 Å². The zero-order chi connectivity index (χ0) is 22.7. The number of hydrogen-bond acceptors (Lipinski definition) is 4. The van der Waals surface area contributed by atoms with Crippen LogP contribution in [0.5, 0.6) is 0 Å². The van der Waals surface area contributed by atoms with Gasteiger partial charge in [0.15, 0.2) is 0 Å². The molecule has 3 atom stereocenters. The van der Waals surface area contributed by atoms with Crippen molar-refractivity contribution in [2.24, 2.45) is 17.6 Å². The third kappa shape index (κ3) is 4.59. The summed E-state index contributed by atoms with van der Waals surface area (Å²) in [5.74, 6) is 1.80. The van der Waals surface area contributed by atoms with E-state index in [4.69, 9.17) is 10.7 Å². The Bertz CT molecular complexity index is 984. The average Bonchev–Trinajstić information content (AvgIpc) is 3.28. The topological polar surface area (TPSA) is 87.9 Å². The molecule has 6 heteroatoms. The Balaban J connectivity index is 1.67. The van der Waals surface area contributed by atoms with Crippen molar-refractivity contribution in [3.8, 4) is 17.3 Å². The largest absolute Gasteiger partial charge is 0.331 e. The summed E-state index contributed by atoms with van der Waals surface area (Å²) in [7, 11) is 0. The monoisotopic (exact) mass is 433 g/mol. The van der Waals surface area contributed by atoms with Gasteiger partial charge in [0.05, 0.1) is 29.4 Å². The van der Waals surface area contributed by atoms with Crippen molar-refractivity contribution in [3.63, 3.8) is 0 Å². The number of amides is 1. The molecule has 1 aliphatic carbocycles. The lowest BCUT2D eigenvalue weighted by Gasteiger charge is -2.40. The van der Waals surface area contributed by atoms with Crippen molar-refractivity contribution in [1.29, 1.82) is 5.26 Å². The van der Waals surface area contributed by atoms with Gasteiger partial charge in [-0.3, -0.25) is 4.79 Å². The van der Waals surface area contributed by atoms with E-state index in [1.54, 1.807) is 0 Å². The van der Waals surface area contributed by atoms with E-state index in [-0.39, 0.29) is 17.9 Å². The van der Waals surface area contributed by atoms with Gasteiger partial charge in [0.2, 0.25) is 5.91 Å². The lowest BCUT2D eigenvalue weighted by molar-refractivity contribution is -0.138. The summed E-state index contributed by atoms with van der Waals surface area (Å²) in [5.41, 5.74) is 8.83. The highest BCUT2D eigenvalue weighted by Crippen LogP contribution is 2.38. The molecule has 6 nitrogen and oxygen atoms in total. The molecular weight excluding hydrogens is 398 g/mol. The maximum Gasteiger partial charge on any atom is 0.240 e. The molecule has 0 radical (unpaired) electrons. The number of rotatable bonds is 6. The average molecular weight is 434 g/mol. The summed E-state index contributed by atoms with van der Waals surface area (Å²) >= 11 is 0. The highest BCUT2D eigenvalue weighted by Gasteiger charge is 2.37. The molecule has 1 amide bonds. The summed E-state index contributed by atoms with van der Waals surface area (Å²) in [6.07, 6.45) is 10.3. The molecule has 170 valence electrons. The van der Waals surface area contributed by atoms with Crippen molar-refractivity contribution >= 4 is 5.91 Å². The minimum Gasteiger partial charge on any atom is -0.331 e. The second-order valence-corrected chi connectivity index (χ2v) is 9.57. The van der Waals surface area contributed by atoms with E-state index in [1.807, 2.05) is 29.2 Å². The molecular formula is C26H35N5O. The fourth-order valence-corrected chi connectivity index (χ4v) is 5.20. The lowest BCUT2D eigenvalue weighted by atomic mass is 9.83. The first kappa shape index (κ1) is 22.5. The van der Waals surface area contributed by atoms with E-state index in [0.29, 0.717) is 18.0 Å². The lowest BCUT2D eigenvalue weighted by Crippen LogP contribution is -2.51. The molecule has 2 N–H and O–H groups in total. The summed E-state index contributed by atoms with van der Waals surface area (Å²) in [6, 6.07) is 9.28. The van der Waals surface area contributed by atoms with Crippen LogP contribution in [-0.2, 0) is 11.3 Å². The normalized spacial score (nSPS) is 20.9. The maximum absolute atomic E-state index is 13.4. The fourth-order valence-electron chi connectivity index (χ4n) is 5.20. The molecule has 0 saturated heterocycles. The Hall–Kier alpha value is -2.65. The molecule has 0 bridgehead atoms. The third-order valence-electron chi connectivity index (χ3n) is 7.46. The van der Waals surface area contributed by atoms with Crippen LogP contribution in [0.15, 0.2) is 30.5 Å². The van der Waals surface area contributed by atoms with Crippen LogP contribution >= 0.6 is 0 Å². The van der Waals surface area contributed by atoms with Crippen molar-refractivity contribution in [3.05, 3.63) is 41.9 Å². The number of hydrogen-bond donors (Lipinski definition) is 1. The van der Waals surface area contributed by atoms with E-state index in [2.05, 4.69) is 30.7 Å². The van der Waals surface area contributed by atoms with Gasteiger partial charge in [-0.1, -0.05) is 64.5 Å². The molecule has 2 heterocycles. The molecule has 2 aromatic rings. The highest BCUT2D eigenvalue weighted by molar-refractivity contribution is 5.82. The van der Waals surface area contributed by atoms with Crippen LogP contribution < -0.4 is 5.73 Å². The fraction of sp³-hybridized carbons (Fsp3) is 0.577. The maximum atomic E-state index is 13.4. The smallest absolute Gasteiger partial charge is 0.240 e. The van der Waals surface area contributed by atoms with Gasteiger partial charge in [-0.15, -0.1) is 0 Å². The predicted octanol–water partition coefficient (Wildman–Crippen LogP) is 4.65. The highest BCUT2D eigenvalue weighted by atomic mass is 16.2. The van der Waals surface area contributed by atoms with Crippen LogP contribution in [0.4, 0.5) is 0 Å². The molecule has 1 aliphatic heterocycles. The van der Waals surface area contributed by atoms with Crippen LogP contribution in [0.1, 0.15) is 76.2 Å². The molecule has 0 spiro atoms. The number of carbonyl (C=O) groups is 1. The Morgan fingerprint density at radius 2 is 2.06 bits per heavy atom. The molecule has 1 saturated carbocycles. The summed E-state index contributed by atoms with van der Waals surface area (Å²) in [4.78, 5) is 20.5. The molecule has 1 fully saturated rings. The van der Waals surface area contributed by atoms with Gasteiger partial charge in [-0.05, 0) is 30.4 Å². The van der Waals surface area contributed by atoms with E-state index in [0.717, 1.165) is 36.5 Å². The van der Waals surface area contributed by atoms with Gasteiger partial charge in [-0.2, -0.15) is 5.26 Å². The number of aromatic nitrogens is 2. The molecule has 1 aromatic heterocycles. The molecule has 2 aliphatic rings. The van der Waals surface area contributed by atoms with Gasteiger partial charge in [0, 0.05) is 24.8 Å². The predicted molar refractivity (Wildman–Crippen MR) is 125 cm³/mol. The van der Waals surface area contributed by atoms with Crippen LogP contribution in [0.25, 0.3) is 11.3 Å². The first-order valence-electron chi connectivity index (χ1n) is 12.2. The van der Waals surface area contributed by atoms with E-state index in [1.165, 1.54) is 32.1 Å². The molecule has 32 heavy (non-hydrogen) atoms. The Labute approximate surface area is 191 Å². The van der Waals surface area contributed by atoms with Crippen LogP contribution in [0.3, 0.4) is 0 Å². The van der Waals surface area contributed by atoms with Gasteiger partial charge >= 0.3 is 0 Å². The van der Waals surface area contributed by atoms with Crippen LogP contribution in [0, 0.1) is 23.2 Å². The zero-order valence-corrected chi connectivity index (χ0v) is 19.3. The number of fused-ring (bicyclic) bond motifs is 1. The van der Waals surface area contributed by atoms with Gasteiger partial charge in [-0.25, -0.2) is 4.98 Å². The second-order valence-electron chi connectivity index (χ2n) is 9.57. The number of carbonyl (C=O) groups excluding carboxylic acids is 1. The molecule has 1 aromatic carbocycles. The summed E-state index contributed by atoms with van der Waals surface area (Å²) < 4.78 is 2.21. The molecule has 0 unspecified atom stereocenters. The molecule has 4 rings (SSSR count). The van der Waals surface area contributed by atoms with Gasteiger partial charge in [0.1, 0.15) is 5.82 Å². The van der Waals surface area contributed by atoms with Crippen molar-refractivity contribution in [2.45, 2.75) is 77.4 Å². The van der Waals surface area contributed by atoms with Gasteiger partial charge in [0.25, 0.3) is 0 Å². The number of benzene rings is 1. The minimum absolute atomic E-state index is 0.0395. The second kappa shape index (κ2) is 9.87. The van der Waals surface area contributed by atoms with Crippen molar-refractivity contribution in [2.75, 3.05) is 6.54 Å². The zero-order valence-electron chi connectivity index (χ0n) is 19.3. The summed E-state index contributed by atoms with van der Waals surface area (Å²) in [5, 5.41) is 9.28. The van der Waals surface area contributed by atoms with E-state index >= 15 is 0 Å². The Kier molecular flexibility index (Phi) is 6.95. The number of nitriles is 1. The van der Waals surface area contributed by atoms with E-state index in [9.17, 15) is 10.1 Å². The quantitative estimate of drug-likeness (QED) is 0.718. The third-order valence-corrected chi connectivity index (χ3v) is 7.46. The minimum atomic E-state index is -0.470. The Morgan fingerprint density at radius 3 is 2.78 bits per heavy atom. The Morgan fingerprint density at radius 1 is 1.28 bits per heavy atom. The standard InChI is InChI=1S/C26H35N5O/c1-3-18(2)24(28)26(32)31-13-12-30-17-22(21-11-7-10-20(14-21)16-27)29-25(30)23(31)15-19-8-5-4-6-9-19/h7,10-11,14,17-19,23-24H,3-6,8-9,12-13,15,28H2,1-2H3/t18-,23-,24-/m0/s1. The van der Waals surface area contributed by atoms with Crippen molar-refractivity contribution < 1.29 is 4.79 Å². The van der Waals surface area contributed by atoms with Crippen LogP contribution in [-0.4, -0.2) is 32.9 Å². The first-order chi connectivity index (χ1) is 15.5. The number of nitrogens with zero attached hydrogens (tertiary/aromatic N) is 4. The SMILES string of the molecule is CC[C@H](C)[C@H](N)C(=O)N1CCn2cc(-c3cccc(C#N)c3)nc2[C@@H]1CC1CCCCC1. The van der Waals surface area contributed by atoms with Gasteiger partial charge < -0.3 is 15.2 Å². The number of nitrogens with two attached hydrogens (primary N) is 1.